The molecule has 23 heavy (non-hydrogen) atoms. The van der Waals surface area contributed by atoms with Gasteiger partial charge in [0.05, 0.1) is 6.04 Å². The molecule has 0 spiro atoms. The fraction of sp³-hybridized carbons (Fsp3) is 0.222. The van der Waals surface area contributed by atoms with Gasteiger partial charge in [0.25, 0.3) is 5.91 Å². The molecule has 0 heterocycles. The first-order valence-electron chi connectivity index (χ1n) is 7.66. The number of hydrogen-bond acceptors (Lipinski definition) is 2. The molecule has 1 unspecified atom stereocenters. The molecule has 118 valence electrons. The number of carbonyl (C=O) groups is 2. The lowest BCUT2D eigenvalue weighted by molar-refractivity contribution is 0.0931. The third kappa shape index (κ3) is 3.88. The van der Waals surface area contributed by atoms with Gasteiger partial charge in [0.1, 0.15) is 0 Å². The van der Waals surface area contributed by atoms with E-state index in [2.05, 4.69) is 10.6 Å². The van der Waals surface area contributed by atoms with Gasteiger partial charge in [-0.3, -0.25) is 4.79 Å². The molecule has 3 rings (SSSR count). The quantitative estimate of drug-likeness (QED) is 0.793. The van der Waals surface area contributed by atoms with E-state index in [9.17, 15) is 9.59 Å². The van der Waals surface area contributed by atoms with Crippen LogP contribution in [0.5, 0.6) is 0 Å². The first-order chi connectivity index (χ1) is 11.1. The fourth-order valence-corrected chi connectivity index (χ4v) is 2.64. The number of urea groups is 1. The standard InChI is InChI=1S/C18H19N3O2/c19-18(23)20-15-10-8-14(9-11-15)17(22)21-16(13-6-7-13)12-4-2-1-3-5-12/h1-5,8-11,13,16H,6-7H2,(H,21,22)(H3,19,20,23). The van der Waals surface area contributed by atoms with E-state index >= 15 is 0 Å². The van der Waals surface area contributed by atoms with Crippen LogP contribution < -0.4 is 16.4 Å². The van der Waals surface area contributed by atoms with Crippen molar-refractivity contribution >= 4 is 17.6 Å². The largest absolute Gasteiger partial charge is 0.351 e. The monoisotopic (exact) mass is 309 g/mol. The summed E-state index contributed by atoms with van der Waals surface area (Å²) in [4.78, 5) is 23.3. The van der Waals surface area contributed by atoms with Crippen molar-refractivity contribution in [2.75, 3.05) is 5.32 Å². The van der Waals surface area contributed by atoms with Crippen molar-refractivity contribution in [3.8, 4) is 0 Å². The van der Waals surface area contributed by atoms with Crippen molar-refractivity contribution in [2.45, 2.75) is 18.9 Å². The Balaban J connectivity index is 1.71. The summed E-state index contributed by atoms with van der Waals surface area (Å²) >= 11 is 0. The zero-order valence-electron chi connectivity index (χ0n) is 12.7. The van der Waals surface area contributed by atoms with Crippen LogP contribution in [0.15, 0.2) is 54.6 Å². The number of carbonyl (C=O) groups excluding carboxylic acids is 2. The normalized spacial score (nSPS) is 14.8. The molecule has 0 aliphatic heterocycles. The van der Waals surface area contributed by atoms with Gasteiger partial charge >= 0.3 is 6.03 Å². The van der Waals surface area contributed by atoms with E-state index < -0.39 is 6.03 Å². The van der Waals surface area contributed by atoms with Crippen molar-refractivity contribution in [1.29, 1.82) is 0 Å². The molecule has 0 aromatic heterocycles. The van der Waals surface area contributed by atoms with Crippen LogP contribution in [0, 0.1) is 5.92 Å². The summed E-state index contributed by atoms with van der Waals surface area (Å²) in [6.07, 6.45) is 2.28. The second kappa shape index (κ2) is 6.52. The first kappa shape index (κ1) is 15.1. The summed E-state index contributed by atoms with van der Waals surface area (Å²) in [6.45, 7) is 0. The average Bonchev–Trinajstić information content (AvgIpc) is 3.38. The number of hydrogen-bond donors (Lipinski definition) is 3. The van der Waals surface area contributed by atoms with Crippen molar-refractivity contribution in [3.05, 3.63) is 65.7 Å². The van der Waals surface area contributed by atoms with Crippen molar-refractivity contribution in [3.63, 3.8) is 0 Å². The van der Waals surface area contributed by atoms with Crippen molar-refractivity contribution in [1.82, 2.24) is 5.32 Å². The molecule has 5 nitrogen and oxygen atoms in total. The number of amides is 3. The Bertz CT molecular complexity index is 694. The van der Waals surface area contributed by atoms with Gasteiger partial charge in [0.2, 0.25) is 0 Å². The predicted octanol–water partition coefficient (Wildman–Crippen LogP) is 3.06. The smallest absolute Gasteiger partial charge is 0.316 e. The number of nitrogens with two attached hydrogens (primary N) is 1. The zero-order chi connectivity index (χ0) is 16.2. The molecule has 2 aromatic carbocycles. The lowest BCUT2D eigenvalue weighted by Crippen LogP contribution is -2.29. The van der Waals surface area contributed by atoms with Crippen LogP contribution in [-0.4, -0.2) is 11.9 Å². The average molecular weight is 309 g/mol. The number of benzene rings is 2. The summed E-state index contributed by atoms with van der Waals surface area (Å²) < 4.78 is 0. The Morgan fingerprint density at radius 3 is 2.22 bits per heavy atom. The van der Waals surface area contributed by atoms with Crippen LogP contribution in [0.25, 0.3) is 0 Å². The molecule has 0 radical (unpaired) electrons. The summed E-state index contributed by atoms with van der Waals surface area (Å²) in [5, 5.41) is 5.59. The molecule has 2 aromatic rings. The fourth-order valence-electron chi connectivity index (χ4n) is 2.64. The molecule has 1 aliphatic carbocycles. The van der Waals surface area contributed by atoms with Gasteiger partial charge in [0, 0.05) is 11.3 Å². The van der Waals surface area contributed by atoms with Gasteiger partial charge in [-0.15, -0.1) is 0 Å². The predicted molar refractivity (Wildman–Crippen MR) is 89.0 cm³/mol. The van der Waals surface area contributed by atoms with Crippen LogP contribution in [0.4, 0.5) is 10.5 Å². The van der Waals surface area contributed by atoms with Crippen molar-refractivity contribution in [2.24, 2.45) is 11.7 Å². The molecule has 0 bridgehead atoms. The van der Waals surface area contributed by atoms with Gasteiger partial charge in [-0.25, -0.2) is 4.79 Å². The van der Waals surface area contributed by atoms with Gasteiger partial charge in [-0.1, -0.05) is 30.3 Å². The molecule has 4 N–H and O–H groups in total. The second-order valence-electron chi connectivity index (χ2n) is 5.77. The van der Waals surface area contributed by atoms with E-state index in [1.54, 1.807) is 24.3 Å². The molecule has 1 saturated carbocycles. The highest BCUT2D eigenvalue weighted by molar-refractivity contribution is 5.95. The Morgan fingerprint density at radius 2 is 1.65 bits per heavy atom. The molecule has 5 heteroatoms. The Hall–Kier alpha value is -2.82. The first-order valence-corrected chi connectivity index (χ1v) is 7.66. The third-order valence-electron chi connectivity index (χ3n) is 3.95. The highest BCUT2D eigenvalue weighted by Gasteiger charge is 2.33. The highest BCUT2D eigenvalue weighted by Crippen LogP contribution is 2.41. The lowest BCUT2D eigenvalue weighted by atomic mass is 10.0. The van der Waals surface area contributed by atoms with E-state index in [0.717, 1.165) is 18.4 Å². The second-order valence-corrected chi connectivity index (χ2v) is 5.77. The highest BCUT2D eigenvalue weighted by atomic mass is 16.2. The maximum Gasteiger partial charge on any atom is 0.316 e. The molecular formula is C18H19N3O2. The van der Waals surface area contributed by atoms with Gasteiger partial charge in [-0.2, -0.15) is 0 Å². The Labute approximate surface area is 134 Å². The maximum absolute atomic E-state index is 12.5. The summed E-state index contributed by atoms with van der Waals surface area (Å²) in [5.41, 5.74) is 7.32. The van der Waals surface area contributed by atoms with E-state index in [1.165, 1.54) is 0 Å². The van der Waals surface area contributed by atoms with Crippen LogP contribution in [0.1, 0.15) is 34.8 Å². The number of nitrogens with one attached hydrogen (secondary N) is 2. The van der Waals surface area contributed by atoms with E-state index in [1.807, 2.05) is 30.3 Å². The molecule has 3 amide bonds. The van der Waals surface area contributed by atoms with Gasteiger partial charge in [0.15, 0.2) is 0 Å². The summed E-state index contributed by atoms with van der Waals surface area (Å²) in [5.74, 6) is 0.397. The molecule has 0 saturated heterocycles. The molecule has 1 aliphatic rings. The molecular weight excluding hydrogens is 290 g/mol. The van der Waals surface area contributed by atoms with E-state index in [-0.39, 0.29) is 11.9 Å². The van der Waals surface area contributed by atoms with Crippen LogP contribution in [0.3, 0.4) is 0 Å². The Morgan fingerprint density at radius 1 is 1.00 bits per heavy atom. The van der Waals surface area contributed by atoms with Gasteiger partial charge in [-0.05, 0) is 48.6 Å². The SMILES string of the molecule is NC(=O)Nc1ccc(C(=O)NC(c2ccccc2)C2CC2)cc1. The summed E-state index contributed by atoms with van der Waals surface area (Å²) in [7, 11) is 0. The molecule has 1 atom stereocenters. The summed E-state index contributed by atoms with van der Waals surface area (Å²) in [6, 6.07) is 16.1. The Kier molecular flexibility index (Phi) is 4.28. The third-order valence-corrected chi connectivity index (χ3v) is 3.95. The molecule has 1 fully saturated rings. The van der Waals surface area contributed by atoms with Crippen LogP contribution >= 0.6 is 0 Å². The minimum Gasteiger partial charge on any atom is -0.351 e. The number of anilines is 1. The minimum absolute atomic E-state index is 0.0483. The van der Waals surface area contributed by atoms with Crippen LogP contribution in [0.2, 0.25) is 0 Å². The lowest BCUT2D eigenvalue weighted by Gasteiger charge is -2.19. The number of primary amides is 1. The van der Waals surface area contributed by atoms with Crippen molar-refractivity contribution < 1.29 is 9.59 Å². The number of rotatable bonds is 5. The zero-order valence-corrected chi connectivity index (χ0v) is 12.7. The van der Waals surface area contributed by atoms with Gasteiger partial charge < -0.3 is 16.4 Å². The topological polar surface area (TPSA) is 84.2 Å². The van der Waals surface area contributed by atoms with E-state index in [0.29, 0.717) is 17.2 Å². The maximum atomic E-state index is 12.5. The van der Waals surface area contributed by atoms with E-state index in [4.69, 9.17) is 5.73 Å². The minimum atomic E-state index is -0.625. The van der Waals surface area contributed by atoms with Crippen LogP contribution in [-0.2, 0) is 0 Å².